The van der Waals surface area contributed by atoms with E-state index >= 15 is 0 Å². The molecule has 1 fully saturated rings. The summed E-state index contributed by atoms with van der Waals surface area (Å²) in [5.41, 5.74) is -0.181. The predicted molar refractivity (Wildman–Crippen MR) is 127 cm³/mol. The van der Waals surface area contributed by atoms with Crippen LogP contribution in [-0.2, 0) is 14.6 Å². The van der Waals surface area contributed by atoms with E-state index in [-0.39, 0.29) is 33.7 Å². The van der Waals surface area contributed by atoms with E-state index in [2.05, 4.69) is 20.6 Å². The first-order chi connectivity index (χ1) is 16.5. The van der Waals surface area contributed by atoms with Crippen molar-refractivity contribution in [3.05, 3.63) is 66.1 Å². The van der Waals surface area contributed by atoms with Gasteiger partial charge in [0.05, 0.1) is 23.0 Å². The summed E-state index contributed by atoms with van der Waals surface area (Å²) in [7, 11) is -3.35. The molecule has 35 heavy (non-hydrogen) atoms. The van der Waals surface area contributed by atoms with E-state index in [4.69, 9.17) is 9.47 Å². The Labute approximate surface area is 202 Å². The molecule has 0 radical (unpaired) electrons. The summed E-state index contributed by atoms with van der Waals surface area (Å²) in [6, 6.07) is 10.5. The van der Waals surface area contributed by atoms with Gasteiger partial charge in [-0.1, -0.05) is 0 Å². The molecule has 1 aliphatic rings. The number of rotatable bonds is 7. The number of carbonyl (C=O) groups excluding carboxylic acids is 2. The number of aryl methyl sites for hydroxylation is 1. The highest BCUT2D eigenvalue weighted by atomic mass is 32.2. The Morgan fingerprint density at radius 3 is 2.37 bits per heavy atom. The first-order valence-corrected chi connectivity index (χ1v) is 12.6. The lowest BCUT2D eigenvalue weighted by Gasteiger charge is -2.23. The van der Waals surface area contributed by atoms with Crippen LogP contribution in [0, 0.1) is 6.92 Å². The minimum absolute atomic E-state index is 0.154. The van der Waals surface area contributed by atoms with Crippen LogP contribution in [0.25, 0.3) is 0 Å². The molecule has 1 aromatic heterocycles. The van der Waals surface area contributed by atoms with Crippen molar-refractivity contribution in [3.63, 3.8) is 0 Å². The number of anilines is 1. The SMILES string of the molecule is Cc1cnc(NC(=O)c2cc(Oc3ccc(S(C)(=O)=O)cc3)cc(O[C@@]3(C)CCNC3=O)c2)cn1. The van der Waals surface area contributed by atoms with Gasteiger partial charge in [-0.3, -0.25) is 14.6 Å². The third-order valence-electron chi connectivity index (χ3n) is 5.36. The quantitative estimate of drug-likeness (QED) is 0.510. The number of nitrogens with zero attached hydrogens (tertiary/aromatic N) is 2. The molecule has 3 aromatic rings. The molecule has 1 aliphatic heterocycles. The Balaban J connectivity index is 1.64. The van der Waals surface area contributed by atoms with Crippen molar-refractivity contribution in [2.75, 3.05) is 18.1 Å². The molecule has 0 aliphatic carbocycles. The third kappa shape index (κ3) is 5.75. The van der Waals surface area contributed by atoms with Crippen LogP contribution in [0.1, 0.15) is 29.4 Å². The highest BCUT2D eigenvalue weighted by Gasteiger charge is 2.40. The molecule has 182 valence electrons. The lowest BCUT2D eigenvalue weighted by molar-refractivity contribution is -0.131. The topological polar surface area (TPSA) is 137 Å². The van der Waals surface area contributed by atoms with Crippen LogP contribution in [-0.4, -0.2) is 48.6 Å². The van der Waals surface area contributed by atoms with Gasteiger partial charge in [-0.2, -0.15) is 0 Å². The van der Waals surface area contributed by atoms with Crippen LogP contribution in [0.4, 0.5) is 5.82 Å². The lowest BCUT2D eigenvalue weighted by atomic mass is 10.1. The van der Waals surface area contributed by atoms with Gasteiger partial charge in [-0.15, -0.1) is 0 Å². The van der Waals surface area contributed by atoms with Crippen LogP contribution in [0.2, 0.25) is 0 Å². The molecule has 2 amide bonds. The zero-order valence-corrected chi connectivity index (χ0v) is 20.2. The number of benzene rings is 2. The van der Waals surface area contributed by atoms with E-state index in [9.17, 15) is 18.0 Å². The standard InChI is InChI=1S/C24H24N4O6S/c1-15-13-27-21(14-26-15)28-22(29)16-10-18(33-17-4-6-20(7-5-17)35(3,31)32)12-19(11-16)34-24(2)8-9-25-23(24)30/h4-7,10-14H,8-9H2,1-3H3,(H,25,30)(H,27,28,29)/t24-/m0/s1. The molecular weight excluding hydrogens is 472 g/mol. The summed E-state index contributed by atoms with van der Waals surface area (Å²) in [4.78, 5) is 33.6. The van der Waals surface area contributed by atoms with Gasteiger partial charge in [-0.05, 0) is 50.2 Å². The second-order valence-corrected chi connectivity index (χ2v) is 10.4. The summed E-state index contributed by atoms with van der Waals surface area (Å²) in [6.07, 6.45) is 4.55. The van der Waals surface area contributed by atoms with E-state index in [0.29, 0.717) is 24.4 Å². The monoisotopic (exact) mass is 496 g/mol. The lowest BCUT2D eigenvalue weighted by Crippen LogP contribution is -2.40. The molecule has 0 spiro atoms. The summed E-state index contributed by atoms with van der Waals surface area (Å²) >= 11 is 0. The molecule has 11 heteroatoms. The molecule has 2 heterocycles. The van der Waals surface area contributed by atoms with Crippen LogP contribution in [0.3, 0.4) is 0 Å². The fraction of sp³-hybridized carbons (Fsp3) is 0.250. The summed E-state index contributed by atoms with van der Waals surface area (Å²) in [5, 5.41) is 5.41. The second-order valence-electron chi connectivity index (χ2n) is 8.37. The third-order valence-corrected chi connectivity index (χ3v) is 6.49. The van der Waals surface area contributed by atoms with Crippen LogP contribution < -0.4 is 20.1 Å². The average molecular weight is 497 g/mol. The van der Waals surface area contributed by atoms with Gasteiger partial charge in [0.15, 0.2) is 21.3 Å². The maximum Gasteiger partial charge on any atom is 0.263 e. The largest absolute Gasteiger partial charge is 0.478 e. The van der Waals surface area contributed by atoms with E-state index < -0.39 is 21.3 Å². The average Bonchev–Trinajstić information content (AvgIpc) is 3.12. The van der Waals surface area contributed by atoms with Crippen molar-refractivity contribution >= 4 is 27.5 Å². The van der Waals surface area contributed by atoms with Crippen LogP contribution >= 0.6 is 0 Å². The molecule has 0 saturated carbocycles. The van der Waals surface area contributed by atoms with Gasteiger partial charge >= 0.3 is 0 Å². The highest BCUT2D eigenvalue weighted by Crippen LogP contribution is 2.32. The molecule has 1 saturated heterocycles. The van der Waals surface area contributed by atoms with Gasteiger partial charge in [0.2, 0.25) is 0 Å². The fourth-order valence-electron chi connectivity index (χ4n) is 3.43. The molecule has 2 N–H and O–H groups in total. The van der Waals surface area contributed by atoms with Crippen LogP contribution in [0.15, 0.2) is 59.8 Å². The van der Waals surface area contributed by atoms with Crippen LogP contribution in [0.5, 0.6) is 17.2 Å². The first-order valence-electron chi connectivity index (χ1n) is 10.7. The van der Waals surface area contributed by atoms with E-state index in [1.54, 1.807) is 19.9 Å². The minimum atomic E-state index is -3.35. The molecule has 1 atom stereocenters. The predicted octanol–water partition coefficient (Wildman–Crippen LogP) is 2.89. The Kier molecular flexibility index (Phi) is 6.44. The Hall–Kier alpha value is -3.99. The Morgan fingerprint density at radius 2 is 1.77 bits per heavy atom. The summed E-state index contributed by atoms with van der Waals surface area (Å²) in [5.74, 6) is 0.419. The van der Waals surface area contributed by atoms with E-state index in [0.717, 1.165) is 6.26 Å². The molecule has 0 bridgehead atoms. The molecule has 0 unspecified atom stereocenters. The van der Waals surface area contributed by atoms with Crippen molar-refractivity contribution in [3.8, 4) is 17.2 Å². The number of hydrogen-bond donors (Lipinski definition) is 2. The number of ether oxygens (including phenoxy) is 2. The fourth-order valence-corrected chi connectivity index (χ4v) is 4.06. The Morgan fingerprint density at radius 1 is 1.06 bits per heavy atom. The van der Waals surface area contributed by atoms with Crippen molar-refractivity contribution < 1.29 is 27.5 Å². The van der Waals surface area contributed by atoms with Crippen molar-refractivity contribution in [1.82, 2.24) is 15.3 Å². The normalized spacial score (nSPS) is 17.5. The summed E-state index contributed by atoms with van der Waals surface area (Å²) in [6.45, 7) is 3.94. The van der Waals surface area contributed by atoms with Crippen molar-refractivity contribution in [2.24, 2.45) is 0 Å². The highest BCUT2D eigenvalue weighted by molar-refractivity contribution is 7.90. The maximum atomic E-state index is 13.0. The smallest absolute Gasteiger partial charge is 0.263 e. The van der Waals surface area contributed by atoms with E-state index in [1.807, 2.05) is 0 Å². The maximum absolute atomic E-state index is 13.0. The van der Waals surface area contributed by atoms with Gasteiger partial charge in [0.25, 0.3) is 11.8 Å². The minimum Gasteiger partial charge on any atom is -0.478 e. The summed E-state index contributed by atoms with van der Waals surface area (Å²) < 4.78 is 35.3. The molecule has 10 nitrogen and oxygen atoms in total. The molecule has 4 rings (SSSR count). The number of aromatic nitrogens is 2. The van der Waals surface area contributed by atoms with E-state index in [1.165, 1.54) is 48.8 Å². The molecular formula is C24H24N4O6S. The number of amides is 2. The second kappa shape index (κ2) is 9.34. The van der Waals surface area contributed by atoms with Gasteiger partial charge in [-0.25, -0.2) is 13.4 Å². The number of hydrogen-bond acceptors (Lipinski definition) is 8. The number of sulfone groups is 1. The van der Waals surface area contributed by atoms with Crippen molar-refractivity contribution in [1.29, 1.82) is 0 Å². The van der Waals surface area contributed by atoms with Gasteiger partial charge in [0.1, 0.15) is 17.2 Å². The first kappa shape index (κ1) is 24.1. The van der Waals surface area contributed by atoms with Gasteiger partial charge < -0.3 is 20.1 Å². The van der Waals surface area contributed by atoms with Crippen molar-refractivity contribution in [2.45, 2.75) is 30.8 Å². The Bertz CT molecular complexity index is 1370. The van der Waals surface area contributed by atoms with Gasteiger partial charge in [0, 0.05) is 30.9 Å². The zero-order chi connectivity index (χ0) is 25.2. The number of carbonyl (C=O) groups is 2. The zero-order valence-electron chi connectivity index (χ0n) is 19.4. The molecule has 2 aromatic carbocycles. The number of nitrogens with one attached hydrogen (secondary N) is 2.